The van der Waals surface area contributed by atoms with Crippen LogP contribution in [0.5, 0.6) is 0 Å². The number of para-hydroxylation sites is 1. The van der Waals surface area contributed by atoms with Crippen molar-refractivity contribution in [3.05, 3.63) is 39.4 Å². The molecule has 0 aromatic heterocycles. The van der Waals surface area contributed by atoms with Gasteiger partial charge in [-0.1, -0.05) is 12.1 Å². The number of thioether (sulfide) groups is 1. The van der Waals surface area contributed by atoms with Crippen LogP contribution in [0.25, 0.3) is 0 Å². The second-order valence-electron chi connectivity index (χ2n) is 3.81. The summed E-state index contributed by atoms with van der Waals surface area (Å²) in [6.07, 6.45) is -4.63. The van der Waals surface area contributed by atoms with Gasteiger partial charge in [-0.15, -0.1) is 11.8 Å². The maximum absolute atomic E-state index is 12.8. The second kappa shape index (κ2) is 6.09. The Labute approximate surface area is 125 Å². The third kappa shape index (κ3) is 3.49. The standard InChI is InChI=1S/C12H9BrF3NO2S/c13-7-3-1-2-4-8(7)17-11(18)9-10(12(14,15)16)19-5-6-20-9/h1-4H,5-6H2,(H,17,18)/p+1. The number of alkyl halides is 3. The van der Waals surface area contributed by atoms with Crippen LogP contribution in [-0.2, 0) is 4.74 Å². The minimum Gasteiger partial charge on any atom is -0.487 e. The molecular formula is C12H10BrF3NO2S+. The number of hydrogen-bond acceptors (Lipinski definition) is 2. The molecule has 1 aliphatic heterocycles. The first kappa shape index (κ1) is 15.2. The third-order valence-electron chi connectivity index (χ3n) is 2.38. The van der Waals surface area contributed by atoms with Gasteiger partial charge in [0.2, 0.25) is 11.4 Å². The summed E-state index contributed by atoms with van der Waals surface area (Å²) in [6, 6.07) is 6.79. The molecule has 108 valence electrons. The summed E-state index contributed by atoms with van der Waals surface area (Å²) in [6.45, 7) is -0.0364. The Kier molecular flexibility index (Phi) is 4.64. The van der Waals surface area contributed by atoms with Gasteiger partial charge in [0.25, 0.3) is 0 Å². The quantitative estimate of drug-likeness (QED) is 0.622. The highest BCUT2D eigenvalue weighted by molar-refractivity contribution is 9.10. The van der Waals surface area contributed by atoms with Crippen molar-refractivity contribution in [3.63, 3.8) is 0 Å². The molecule has 0 radical (unpaired) electrons. The van der Waals surface area contributed by atoms with Crippen molar-refractivity contribution in [1.82, 2.24) is 0 Å². The first-order valence-electron chi connectivity index (χ1n) is 5.54. The number of hydrogen-bond donors (Lipinski definition) is 2. The Morgan fingerprint density at radius 1 is 1.35 bits per heavy atom. The number of ether oxygens (including phenoxy) is 1. The summed E-state index contributed by atoms with van der Waals surface area (Å²) < 4.78 is 43.7. The minimum atomic E-state index is -4.63. The lowest BCUT2D eigenvalue weighted by Gasteiger charge is -2.19. The zero-order valence-electron chi connectivity index (χ0n) is 10.00. The van der Waals surface area contributed by atoms with Gasteiger partial charge in [-0.05, 0) is 22.0 Å². The molecule has 8 heteroatoms. The molecule has 2 rings (SSSR count). The van der Waals surface area contributed by atoms with E-state index in [9.17, 15) is 18.3 Å². The van der Waals surface area contributed by atoms with Crippen molar-refractivity contribution in [2.75, 3.05) is 12.4 Å². The largest absolute Gasteiger partial charge is 0.487 e. The molecule has 2 N–H and O–H groups in total. The monoisotopic (exact) mass is 368 g/mol. The first-order valence-corrected chi connectivity index (χ1v) is 7.32. The highest BCUT2D eigenvalue weighted by atomic mass is 79.9. The molecule has 0 spiro atoms. The minimum absolute atomic E-state index is 0.0364. The number of allylic oxidation sites excluding steroid dienone is 1. The molecule has 0 amide bonds. The lowest BCUT2D eigenvalue weighted by atomic mass is 10.3. The predicted octanol–water partition coefficient (Wildman–Crippen LogP) is 2.66. The van der Waals surface area contributed by atoms with E-state index in [4.69, 9.17) is 0 Å². The first-order chi connectivity index (χ1) is 9.39. The summed E-state index contributed by atoms with van der Waals surface area (Å²) >= 11 is 4.14. The SMILES string of the molecule is OC(=[NH+]c1ccccc1Br)C1=C(C(F)(F)F)OCCS1. The smallest absolute Gasteiger partial charge is 0.450 e. The van der Waals surface area contributed by atoms with Crippen LogP contribution < -0.4 is 4.99 Å². The number of nitrogens with one attached hydrogen (secondary N) is 1. The van der Waals surface area contributed by atoms with E-state index in [2.05, 4.69) is 25.7 Å². The molecule has 1 aromatic carbocycles. The number of benzene rings is 1. The number of aliphatic hydroxyl groups is 1. The number of aliphatic hydroxyl groups excluding tert-OH is 1. The average molecular weight is 369 g/mol. The second-order valence-corrected chi connectivity index (χ2v) is 5.77. The van der Waals surface area contributed by atoms with Crippen LogP contribution in [-0.4, -0.2) is 29.5 Å². The third-order valence-corrected chi connectivity index (χ3v) is 4.11. The van der Waals surface area contributed by atoms with Gasteiger partial charge >= 0.3 is 12.1 Å². The van der Waals surface area contributed by atoms with Gasteiger partial charge < -0.3 is 9.84 Å². The Morgan fingerprint density at radius 3 is 2.70 bits per heavy atom. The Balaban J connectivity index is 2.42. The fourth-order valence-electron chi connectivity index (χ4n) is 1.55. The molecule has 1 heterocycles. The Morgan fingerprint density at radius 2 is 2.05 bits per heavy atom. The molecule has 3 nitrogen and oxygen atoms in total. The molecule has 1 aliphatic rings. The van der Waals surface area contributed by atoms with E-state index in [1.807, 2.05) is 0 Å². The van der Waals surface area contributed by atoms with Crippen LogP contribution in [0.1, 0.15) is 0 Å². The van der Waals surface area contributed by atoms with E-state index in [-0.39, 0.29) is 11.5 Å². The molecule has 0 saturated heterocycles. The van der Waals surface area contributed by atoms with E-state index in [1.165, 1.54) is 0 Å². The van der Waals surface area contributed by atoms with E-state index >= 15 is 0 Å². The molecule has 20 heavy (non-hydrogen) atoms. The van der Waals surface area contributed by atoms with Gasteiger partial charge in [-0.25, -0.2) is 0 Å². The molecule has 0 saturated carbocycles. The number of rotatable bonds is 2. The lowest BCUT2D eigenvalue weighted by molar-refractivity contribution is -0.365. The summed E-state index contributed by atoms with van der Waals surface area (Å²) in [7, 11) is 0. The van der Waals surface area contributed by atoms with Crippen LogP contribution in [0.15, 0.2) is 39.4 Å². The van der Waals surface area contributed by atoms with Crippen molar-refractivity contribution >= 4 is 39.3 Å². The fraction of sp³-hybridized carbons (Fsp3) is 0.250. The Bertz CT molecular complexity index is 572. The van der Waals surface area contributed by atoms with Crippen LogP contribution in [0.2, 0.25) is 0 Å². The van der Waals surface area contributed by atoms with Gasteiger partial charge in [-0.3, -0.25) is 0 Å². The van der Waals surface area contributed by atoms with Crippen molar-refractivity contribution in [3.8, 4) is 0 Å². The van der Waals surface area contributed by atoms with E-state index in [0.29, 0.717) is 15.9 Å². The fourth-order valence-corrected chi connectivity index (χ4v) is 2.80. The maximum Gasteiger partial charge on any atom is 0.450 e. The normalized spacial score (nSPS) is 17.1. The van der Waals surface area contributed by atoms with Crippen LogP contribution in [0.3, 0.4) is 0 Å². The maximum atomic E-state index is 12.8. The van der Waals surface area contributed by atoms with Crippen LogP contribution >= 0.6 is 27.7 Å². The van der Waals surface area contributed by atoms with Crippen molar-refractivity contribution in [2.45, 2.75) is 6.18 Å². The molecule has 0 fully saturated rings. The van der Waals surface area contributed by atoms with Crippen molar-refractivity contribution < 1.29 is 28.0 Å². The average Bonchev–Trinajstić information content (AvgIpc) is 2.40. The van der Waals surface area contributed by atoms with Gasteiger partial charge in [0.05, 0.1) is 11.1 Å². The molecular weight excluding hydrogens is 359 g/mol. The van der Waals surface area contributed by atoms with Gasteiger partial charge in [-0.2, -0.15) is 18.2 Å². The van der Waals surface area contributed by atoms with Crippen molar-refractivity contribution in [2.24, 2.45) is 0 Å². The molecule has 0 bridgehead atoms. The summed E-state index contributed by atoms with van der Waals surface area (Å²) in [5.74, 6) is -1.39. The van der Waals surface area contributed by atoms with E-state index in [1.54, 1.807) is 24.3 Å². The predicted molar refractivity (Wildman–Crippen MR) is 73.9 cm³/mol. The van der Waals surface area contributed by atoms with Crippen molar-refractivity contribution in [1.29, 1.82) is 0 Å². The van der Waals surface area contributed by atoms with E-state index < -0.39 is 17.8 Å². The van der Waals surface area contributed by atoms with Gasteiger partial charge in [0.15, 0.2) is 4.91 Å². The highest BCUT2D eigenvalue weighted by Gasteiger charge is 2.43. The van der Waals surface area contributed by atoms with Crippen LogP contribution in [0, 0.1) is 0 Å². The Hall–Kier alpha value is -1.15. The molecule has 0 unspecified atom stereocenters. The van der Waals surface area contributed by atoms with Crippen LogP contribution in [0.4, 0.5) is 18.9 Å². The highest BCUT2D eigenvalue weighted by Crippen LogP contribution is 2.36. The zero-order chi connectivity index (χ0) is 14.8. The summed E-state index contributed by atoms with van der Waals surface area (Å²) in [5, 5.41) is 9.91. The topological polar surface area (TPSA) is 43.4 Å². The molecule has 0 aliphatic carbocycles. The summed E-state index contributed by atoms with van der Waals surface area (Å²) in [4.78, 5) is 2.21. The van der Waals surface area contributed by atoms with Gasteiger partial charge in [0, 0.05) is 11.8 Å². The molecule has 0 atom stereocenters. The number of halogens is 4. The molecule has 1 aromatic rings. The van der Waals surface area contributed by atoms with Gasteiger partial charge in [0.1, 0.15) is 0 Å². The summed E-state index contributed by atoms with van der Waals surface area (Å²) in [5.41, 5.74) is 0.463. The lowest BCUT2D eigenvalue weighted by Crippen LogP contribution is -2.67. The zero-order valence-corrected chi connectivity index (χ0v) is 12.4. The van der Waals surface area contributed by atoms with E-state index in [0.717, 1.165) is 11.8 Å².